The first-order chi connectivity index (χ1) is 9.92. The summed E-state index contributed by atoms with van der Waals surface area (Å²) < 4.78 is 28.0. The van der Waals surface area contributed by atoms with E-state index < -0.39 is 10.0 Å². The smallest absolute Gasteiger partial charge is 0.241 e. The van der Waals surface area contributed by atoms with Gasteiger partial charge in [-0.1, -0.05) is 31.9 Å². The van der Waals surface area contributed by atoms with E-state index in [0.29, 0.717) is 17.4 Å². The minimum atomic E-state index is -3.44. The lowest BCUT2D eigenvalue weighted by atomic mass is 10.0. The van der Waals surface area contributed by atoms with Gasteiger partial charge in [-0.25, -0.2) is 13.1 Å². The van der Waals surface area contributed by atoms with E-state index in [1.54, 1.807) is 12.1 Å². The van der Waals surface area contributed by atoms with Crippen LogP contribution < -0.4 is 10.5 Å². The molecule has 2 rings (SSSR count). The lowest BCUT2D eigenvalue weighted by Gasteiger charge is -2.18. The third-order valence-corrected chi connectivity index (χ3v) is 6.02. The van der Waals surface area contributed by atoms with Crippen molar-refractivity contribution in [3.63, 3.8) is 0 Å². The van der Waals surface area contributed by atoms with Gasteiger partial charge >= 0.3 is 0 Å². The summed E-state index contributed by atoms with van der Waals surface area (Å²) in [6, 6.07) is 5.37. The number of nitrogens with two attached hydrogens (primary N) is 1. The summed E-state index contributed by atoms with van der Waals surface area (Å²) in [5, 5.41) is 0. The zero-order valence-corrected chi connectivity index (χ0v) is 13.7. The van der Waals surface area contributed by atoms with Crippen LogP contribution in [0.4, 0.5) is 0 Å². The van der Waals surface area contributed by atoms with Gasteiger partial charge < -0.3 is 5.73 Å². The number of benzene rings is 1. The van der Waals surface area contributed by atoms with E-state index in [2.05, 4.69) is 11.6 Å². The molecule has 1 aliphatic rings. The van der Waals surface area contributed by atoms with Crippen molar-refractivity contribution >= 4 is 10.0 Å². The molecule has 1 fully saturated rings. The van der Waals surface area contributed by atoms with Gasteiger partial charge in [-0.2, -0.15) is 0 Å². The average molecular weight is 310 g/mol. The van der Waals surface area contributed by atoms with Gasteiger partial charge in [-0.3, -0.25) is 0 Å². The highest BCUT2D eigenvalue weighted by molar-refractivity contribution is 7.89. The van der Waals surface area contributed by atoms with E-state index in [1.165, 1.54) is 6.42 Å². The average Bonchev–Trinajstić information content (AvgIpc) is 2.62. The lowest BCUT2D eigenvalue weighted by molar-refractivity contribution is 0.484. The molecule has 5 heteroatoms. The first-order valence-electron chi connectivity index (χ1n) is 7.74. The molecule has 21 heavy (non-hydrogen) atoms. The zero-order chi connectivity index (χ0) is 15.5. The van der Waals surface area contributed by atoms with Gasteiger partial charge in [-0.15, -0.1) is 0 Å². The normalized spacial score (nSPS) is 23.8. The highest BCUT2D eigenvalue weighted by Gasteiger charge is 2.23. The fraction of sp³-hybridized carbons (Fsp3) is 0.625. The van der Waals surface area contributed by atoms with E-state index >= 15 is 0 Å². The van der Waals surface area contributed by atoms with Crippen molar-refractivity contribution in [2.24, 2.45) is 11.7 Å². The predicted molar refractivity (Wildman–Crippen MR) is 85.4 cm³/mol. The van der Waals surface area contributed by atoms with E-state index in [1.807, 2.05) is 13.0 Å². The van der Waals surface area contributed by atoms with Crippen LogP contribution in [0.15, 0.2) is 23.1 Å². The Balaban J connectivity index is 2.14. The van der Waals surface area contributed by atoms with Gasteiger partial charge in [0.2, 0.25) is 10.0 Å². The van der Waals surface area contributed by atoms with Crippen LogP contribution in [-0.4, -0.2) is 14.5 Å². The molecule has 0 radical (unpaired) electrons. The molecule has 0 bridgehead atoms. The largest absolute Gasteiger partial charge is 0.326 e. The van der Waals surface area contributed by atoms with E-state index in [-0.39, 0.29) is 6.04 Å². The van der Waals surface area contributed by atoms with Gasteiger partial charge in [0.25, 0.3) is 0 Å². The highest BCUT2D eigenvalue weighted by Crippen LogP contribution is 2.24. The number of hydrogen-bond acceptors (Lipinski definition) is 3. The maximum atomic E-state index is 12.6. The van der Waals surface area contributed by atoms with Gasteiger partial charge in [0, 0.05) is 12.6 Å². The molecule has 1 saturated carbocycles. The third kappa shape index (κ3) is 4.28. The quantitative estimate of drug-likeness (QED) is 0.840. The van der Waals surface area contributed by atoms with Crippen LogP contribution in [0.5, 0.6) is 0 Å². The minimum Gasteiger partial charge on any atom is -0.326 e. The van der Waals surface area contributed by atoms with Crippen molar-refractivity contribution in [3.8, 4) is 0 Å². The van der Waals surface area contributed by atoms with Gasteiger partial charge in [0.05, 0.1) is 4.90 Å². The summed E-state index contributed by atoms with van der Waals surface area (Å²) >= 11 is 0. The van der Waals surface area contributed by atoms with Crippen molar-refractivity contribution in [1.29, 1.82) is 0 Å². The molecule has 1 aromatic rings. The molecule has 0 spiro atoms. The van der Waals surface area contributed by atoms with Crippen LogP contribution in [0.2, 0.25) is 0 Å². The van der Waals surface area contributed by atoms with Crippen LogP contribution in [0, 0.1) is 12.8 Å². The summed E-state index contributed by atoms with van der Waals surface area (Å²) in [6.45, 7) is 4.49. The number of hydrogen-bond donors (Lipinski definition) is 2. The molecule has 2 unspecified atom stereocenters. The van der Waals surface area contributed by atoms with Crippen LogP contribution in [-0.2, 0) is 16.6 Å². The molecule has 0 saturated heterocycles. The molecule has 0 amide bonds. The molecule has 118 valence electrons. The first kappa shape index (κ1) is 16.5. The van der Waals surface area contributed by atoms with E-state index in [0.717, 1.165) is 36.8 Å². The summed E-state index contributed by atoms with van der Waals surface area (Å²) in [6.07, 6.45) is 5.25. The summed E-state index contributed by atoms with van der Waals surface area (Å²) in [7, 11) is -3.44. The second-order valence-corrected chi connectivity index (χ2v) is 7.92. The predicted octanol–water partition coefficient (Wildman–Crippen LogP) is 2.70. The Bertz CT molecular complexity index is 584. The van der Waals surface area contributed by atoms with Crippen molar-refractivity contribution < 1.29 is 8.42 Å². The molecular weight excluding hydrogens is 284 g/mol. The van der Waals surface area contributed by atoms with Gasteiger partial charge in [-0.05, 0) is 49.3 Å². The van der Waals surface area contributed by atoms with Gasteiger partial charge in [0.15, 0.2) is 0 Å². The second-order valence-electron chi connectivity index (χ2n) is 6.24. The van der Waals surface area contributed by atoms with Crippen molar-refractivity contribution in [3.05, 3.63) is 29.3 Å². The fourth-order valence-electron chi connectivity index (χ4n) is 3.03. The third-order valence-electron chi connectivity index (χ3n) is 4.34. The van der Waals surface area contributed by atoms with E-state index in [4.69, 9.17) is 5.73 Å². The van der Waals surface area contributed by atoms with Crippen molar-refractivity contribution in [1.82, 2.24) is 4.72 Å². The molecule has 1 aliphatic carbocycles. The van der Waals surface area contributed by atoms with Crippen molar-refractivity contribution in [2.45, 2.75) is 63.4 Å². The molecule has 0 aromatic heterocycles. The lowest BCUT2D eigenvalue weighted by Crippen LogP contribution is -2.34. The molecule has 3 N–H and O–H groups in total. The molecule has 2 atom stereocenters. The molecule has 1 aromatic carbocycles. The Kier molecular flexibility index (Phi) is 5.41. The number of nitrogens with one attached hydrogen (secondary N) is 1. The number of aryl methyl sites for hydroxylation is 1. The standard InChI is InChI=1S/C16H26N2O2S/c1-12-4-3-5-15(8-6-12)18-21(19,20)16-9-7-14(11-17)10-13(16)2/h7,9-10,12,15,18H,3-6,8,11,17H2,1-2H3. The van der Waals surface area contributed by atoms with Crippen molar-refractivity contribution in [2.75, 3.05) is 0 Å². The first-order valence-corrected chi connectivity index (χ1v) is 9.22. The fourth-order valence-corrected chi connectivity index (χ4v) is 4.56. The number of sulfonamides is 1. The Hall–Kier alpha value is -0.910. The Morgan fingerprint density at radius 3 is 2.67 bits per heavy atom. The zero-order valence-electron chi connectivity index (χ0n) is 12.9. The SMILES string of the molecule is Cc1cc(CN)ccc1S(=O)(=O)NC1CCCC(C)CC1. The number of rotatable bonds is 4. The molecular formula is C16H26N2O2S. The topological polar surface area (TPSA) is 72.2 Å². The molecule has 0 heterocycles. The minimum absolute atomic E-state index is 0.0635. The van der Waals surface area contributed by atoms with Crippen LogP contribution >= 0.6 is 0 Å². The summed E-state index contributed by atoms with van der Waals surface area (Å²) in [5.74, 6) is 0.699. The highest BCUT2D eigenvalue weighted by atomic mass is 32.2. The molecule has 4 nitrogen and oxygen atoms in total. The molecule has 0 aliphatic heterocycles. The summed E-state index contributed by atoms with van der Waals surface area (Å²) in [5.41, 5.74) is 7.30. The summed E-state index contributed by atoms with van der Waals surface area (Å²) in [4.78, 5) is 0.372. The van der Waals surface area contributed by atoms with Crippen LogP contribution in [0.25, 0.3) is 0 Å². The van der Waals surface area contributed by atoms with Crippen LogP contribution in [0.3, 0.4) is 0 Å². The van der Waals surface area contributed by atoms with E-state index in [9.17, 15) is 8.42 Å². The Morgan fingerprint density at radius 2 is 2.00 bits per heavy atom. The van der Waals surface area contributed by atoms with Gasteiger partial charge in [0.1, 0.15) is 0 Å². The Labute approximate surface area is 128 Å². The maximum Gasteiger partial charge on any atom is 0.241 e. The maximum absolute atomic E-state index is 12.6. The Morgan fingerprint density at radius 1 is 1.24 bits per heavy atom. The van der Waals surface area contributed by atoms with Crippen LogP contribution in [0.1, 0.15) is 50.2 Å². The second kappa shape index (κ2) is 6.90. The monoisotopic (exact) mass is 310 g/mol.